The molecule has 1 unspecified atom stereocenters. The number of anilines is 1. The van der Waals surface area contributed by atoms with E-state index in [9.17, 15) is 23.6 Å². The van der Waals surface area contributed by atoms with E-state index in [-0.39, 0.29) is 34.2 Å². The fourth-order valence-electron chi connectivity index (χ4n) is 5.47. The second-order valence-corrected chi connectivity index (χ2v) is 10.9. The number of aromatic nitrogens is 2. The molecule has 1 aliphatic carbocycles. The Morgan fingerprint density at radius 2 is 1.74 bits per heavy atom. The van der Waals surface area contributed by atoms with Crippen LogP contribution in [-0.4, -0.2) is 46.0 Å². The molecule has 1 saturated carbocycles. The van der Waals surface area contributed by atoms with Gasteiger partial charge in [-0.25, -0.2) is 8.78 Å². The fraction of sp³-hybridized carbons (Fsp3) is 0.290. The van der Waals surface area contributed by atoms with Crippen molar-refractivity contribution < 1.29 is 32.7 Å². The Morgan fingerprint density at radius 1 is 1.02 bits per heavy atom. The number of benzene rings is 2. The lowest BCUT2D eigenvalue weighted by atomic mass is 9.86. The highest BCUT2D eigenvalue weighted by molar-refractivity contribution is 6.34. The molecule has 4 aromatic rings. The normalized spacial score (nSPS) is 17.3. The zero-order chi connectivity index (χ0) is 30.8. The van der Waals surface area contributed by atoms with Crippen LogP contribution in [0.3, 0.4) is 0 Å². The average Bonchev–Trinajstić information content (AvgIpc) is 3.57. The molecule has 2 aromatic heterocycles. The lowest BCUT2D eigenvalue weighted by molar-refractivity contribution is -0.146. The smallest absolute Gasteiger partial charge is 0.308 e. The summed E-state index contributed by atoms with van der Waals surface area (Å²) in [4.78, 5) is 50.8. The molecule has 12 heteroatoms. The van der Waals surface area contributed by atoms with E-state index in [0.29, 0.717) is 35.8 Å². The number of hydrogen-bond donors (Lipinski definition) is 2. The third kappa shape index (κ3) is 6.03. The molecule has 0 aliphatic heterocycles. The lowest BCUT2D eigenvalue weighted by Gasteiger charge is -2.27. The molecule has 0 radical (unpaired) electrons. The molecule has 5 rings (SSSR count). The van der Waals surface area contributed by atoms with E-state index in [1.807, 2.05) is 35.9 Å². The van der Waals surface area contributed by atoms with E-state index in [2.05, 4.69) is 10.6 Å². The second-order valence-electron chi connectivity index (χ2n) is 10.5. The minimum absolute atomic E-state index is 0.0132. The number of para-hydroxylation sites is 1. The van der Waals surface area contributed by atoms with Crippen LogP contribution < -0.4 is 10.6 Å². The van der Waals surface area contributed by atoms with Crippen LogP contribution in [0.4, 0.5) is 14.5 Å². The molecule has 2 aromatic carbocycles. The maximum absolute atomic E-state index is 15.5. The van der Waals surface area contributed by atoms with Crippen LogP contribution in [0.5, 0.6) is 0 Å². The van der Waals surface area contributed by atoms with E-state index >= 15 is 4.39 Å². The molecule has 9 nitrogen and oxygen atoms in total. The molecular weight excluding hydrogens is 582 g/mol. The Kier molecular flexibility index (Phi) is 8.63. The van der Waals surface area contributed by atoms with E-state index in [0.717, 1.165) is 23.2 Å². The molecule has 2 heterocycles. The van der Waals surface area contributed by atoms with Crippen molar-refractivity contribution in [3.63, 3.8) is 0 Å². The number of hydrogen-bond acceptors (Lipinski definition) is 5. The molecule has 43 heavy (non-hydrogen) atoms. The molecule has 2 amide bonds. The summed E-state index contributed by atoms with van der Waals surface area (Å²) in [6.07, 6.45) is 2.32. The van der Waals surface area contributed by atoms with Gasteiger partial charge in [-0.1, -0.05) is 35.9 Å². The van der Waals surface area contributed by atoms with E-state index in [1.165, 1.54) is 25.3 Å². The zero-order valence-electron chi connectivity index (χ0n) is 23.4. The molecule has 2 N–H and O–H groups in total. The SMILES string of the molecule is COC(=O)C1CCC(NC(=O)c2c(F)ccn2C(=O)C(F)c2ccc(NC(=O)c3cn(C)c4ccccc34)c(Cl)c2)CC1. The van der Waals surface area contributed by atoms with Gasteiger partial charge in [0.25, 0.3) is 17.7 Å². The number of nitrogens with zero attached hydrogens (tertiary/aromatic N) is 2. The van der Waals surface area contributed by atoms with Crippen molar-refractivity contribution in [2.24, 2.45) is 13.0 Å². The number of carbonyl (C=O) groups is 4. The first-order chi connectivity index (χ1) is 20.6. The van der Waals surface area contributed by atoms with Gasteiger partial charge in [0, 0.05) is 36.4 Å². The first-order valence-corrected chi connectivity index (χ1v) is 14.1. The van der Waals surface area contributed by atoms with Gasteiger partial charge in [0.2, 0.25) is 6.17 Å². The maximum atomic E-state index is 15.5. The topological polar surface area (TPSA) is 111 Å². The number of nitrogens with one attached hydrogen (secondary N) is 2. The lowest BCUT2D eigenvalue weighted by Crippen LogP contribution is -2.40. The highest BCUT2D eigenvalue weighted by Crippen LogP contribution is 2.31. The van der Waals surface area contributed by atoms with Crippen LogP contribution in [0, 0.1) is 11.7 Å². The molecule has 1 aliphatic rings. The number of aryl methyl sites for hydroxylation is 1. The van der Waals surface area contributed by atoms with Gasteiger partial charge >= 0.3 is 5.97 Å². The van der Waals surface area contributed by atoms with Gasteiger partial charge in [0.05, 0.1) is 29.3 Å². The van der Waals surface area contributed by atoms with E-state index in [4.69, 9.17) is 16.3 Å². The number of ether oxygens (including phenoxy) is 1. The van der Waals surface area contributed by atoms with Crippen LogP contribution in [-0.2, 0) is 16.6 Å². The predicted octanol–water partition coefficient (Wildman–Crippen LogP) is 5.84. The van der Waals surface area contributed by atoms with E-state index in [1.54, 1.807) is 6.20 Å². The Balaban J connectivity index is 1.27. The van der Waals surface area contributed by atoms with Gasteiger partial charge in [0.15, 0.2) is 5.82 Å². The first-order valence-electron chi connectivity index (χ1n) is 13.7. The predicted molar refractivity (Wildman–Crippen MR) is 156 cm³/mol. The average molecular weight is 611 g/mol. The standard InChI is InChI=1S/C31H29ClF2N4O5/c1-37-16-21(20-5-3-4-6-25(20)37)28(39)36-24-12-9-18(15-22(24)32)26(34)30(41)38-14-13-23(33)27(38)29(40)35-19-10-7-17(8-11-19)31(42)43-2/h3-6,9,12-17,19,26H,7-8,10-11H2,1-2H3,(H,35,40)(H,36,39). The summed E-state index contributed by atoms with van der Waals surface area (Å²) < 4.78 is 37.4. The van der Waals surface area contributed by atoms with Crippen molar-refractivity contribution in [3.05, 3.63) is 88.6 Å². The third-order valence-electron chi connectivity index (χ3n) is 7.78. The molecule has 224 valence electrons. The first kappa shape index (κ1) is 30.0. The summed E-state index contributed by atoms with van der Waals surface area (Å²) in [5.41, 5.74) is 0.742. The maximum Gasteiger partial charge on any atom is 0.308 e. The van der Waals surface area contributed by atoms with Crippen LogP contribution in [0.2, 0.25) is 5.02 Å². The quantitative estimate of drug-likeness (QED) is 0.256. The minimum Gasteiger partial charge on any atom is -0.469 e. The van der Waals surface area contributed by atoms with Gasteiger partial charge in [0.1, 0.15) is 5.69 Å². The summed E-state index contributed by atoms with van der Waals surface area (Å²) in [5.74, 6) is -4.04. The van der Waals surface area contributed by atoms with Crippen LogP contribution in [0.1, 0.15) is 63.1 Å². The highest BCUT2D eigenvalue weighted by Gasteiger charge is 2.32. The van der Waals surface area contributed by atoms with Gasteiger partial charge in [-0.15, -0.1) is 0 Å². The highest BCUT2D eigenvalue weighted by atomic mass is 35.5. The largest absolute Gasteiger partial charge is 0.469 e. The van der Waals surface area contributed by atoms with Crippen molar-refractivity contribution in [3.8, 4) is 0 Å². The van der Waals surface area contributed by atoms with Crippen LogP contribution in [0.25, 0.3) is 10.9 Å². The Bertz CT molecular complexity index is 1720. The van der Waals surface area contributed by atoms with Crippen LogP contribution >= 0.6 is 11.6 Å². The summed E-state index contributed by atoms with van der Waals surface area (Å²) in [7, 11) is 3.14. The Morgan fingerprint density at radius 3 is 2.44 bits per heavy atom. The molecule has 1 fully saturated rings. The number of carbonyl (C=O) groups excluding carboxylic acids is 4. The van der Waals surface area contributed by atoms with Crippen LogP contribution in [0.15, 0.2) is 60.9 Å². The minimum atomic E-state index is -2.28. The summed E-state index contributed by atoms with van der Waals surface area (Å²) in [5, 5.41) is 6.13. The molecule has 0 spiro atoms. The van der Waals surface area contributed by atoms with Crippen molar-refractivity contribution in [1.29, 1.82) is 0 Å². The summed E-state index contributed by atoms with van der Waals surface area (Å²) in [6, 6.07) is 11.8. The summed E-state index contributed by atoms with van der Waals surface area (Å²) in [6.45, 7) is 0. The number of halogens is 3. The van der Waals surface area contributed by atoms with Gasteiger partial charge in [-0.3, -0.25) is 23.7 Å². The second kappa shape index (κ2) is 12.4. The van der Waals surface area contributed by atoms with Crippen molar-refractivity contribution in [2.75, 3.05) is 12.4 Å². The fourth-order valence-corrected chi connectivity index (χ4v) is 5.71. The number of amides is 2. The number of methoxy groups -OCH3 is 1. The number of fused-ring (bicyclic) bond motifs is 1. The Labute approximate surface area is 250 Å². The molecule has 0 saturated heterocycles. The Hall–Kier alpha value is -4.51. The monoisotopic (exact) mass is 610 g/mol. The van der Waals surface area contributed by atoms with Crippen molar-refractivity contribution in [2.45, 2.75) is 37.9 Å². The third-order valence-corrected chi connectivity index (χ3v) is 8.09. The number of alkyl halides is 1. The van der Waals surface area contributed by atoms with E-state index < -0.39 is 35.4 Å². The van der Waals surface area contributed by atoms with Crippen molar-refractivity contribution in [1.82, 2.24) is 14.5 Å². The number of esters is 1. The van der Waals surface area contributed by atoms with Gasteiger partial charge in [-0.2, -0.15) is 0 Å². The van der Waals surface area contributed by atoms with Gasteiger partial charge < -0.3 is 19.9 Å². The number of rotatable bonds is 7. The zero-order valence-corrected chi connectivity index (χ0v) is 24.2. The molecule has 1 atom stereocenters. The van der Waals surface area contributed by atoms with Gasteiger partial charge in [-0.05, 0) is 55.5 Å². The summed E-state index contributed by atoms with van der Waals surface area (Å²) >= 11 is 6.35. The molecule has 0 bridgehead atoms. The van der Waals surface area contributed by atoms with Crippen molar-refractivity contribution >= 4 is 51.9 Å². The molecular formula is C31H29ClF2N4O5.